The predicted octanol–water partition coefficient (Wildman–Crippen LogP) is 1.83. The molecular formula is C14H17NO2. The maximum Gasteiger partial charge on any atom is 0.304 e. The van der Waals surface area contributed by atoms with Crippen molar-refractivity contribution in [2.75, 3.05) is 19.6 Å². The molecule has 90 valence electrons. The molecule has 1 rings (SSSR count). The molecule has 0 aromatic heterocycles. The highest BCUT2D eigenvalue weighted by Gasteiger charge is 2.03. The SMILES string of the molecule is CCN(CC#Cc1ccccc1)CCC(=O)O. The van der Waals surface area contributed by atoms with Crippen LogP contribution >= 0.6 is 0 Å². The third-order valence-electron chi connectivity index (χ3n) is 2.40. The molecular weight excluding hydrogens is 214 g/mol. The number of benzene rings is 1. The second-order valence-corrected chi connectivity index (χ2v) is 3.68. The fourth-order valence-electron chi connectivity index (χ4n) is 1.38. The van der Waals surface area contributed by atoms with Gasteiger partial charge in [-0.3, -0.25) is 9.69 Å². The summed E-state index contributed by atoms with van der Waals surface area (Å²) in [4.78, 5) is 12.5. The van der Waals surface area contributed by atoms with Gasteiger partial charge in [0.2, 0.25) is 0 Å². The lowest BCUT2D eigenvalue weighted by Gasteiger charge is -2.15. The fraction of sp³-hybridized carbons (Fsp3) is 0.357. The van der Waals surface area contributed by atoms with Gasteiger partial charge in [-0.05, 0) is 18.7 Å². The molecule has 3 nitrogen and oxygen atoms in total. The Morgan fingerprint density at radius 1 is 1.35 bits per heavy atom. The van der Waals surface area contributed by atoms with Crippen LogP contribution in [0, 0.1) is 11.8 Å². The first kappa shape index (κ1) is 13.3. The van der Waals surface area contributed by atoms with Crippen LogP contribution in [0.15, 0.2) is 30.3 Å². The van der Waals surface area contributed by atoms with E-state index in [0.29, 0.717) is 13.1 Å². The van der Waals surface area contributed by atoms with Crippen molar-refractivity contribution < 1.29 is 9.90 Å². The molecule has 1 N–H and O–H groups in total. The molecule has 0 unspecified atom stereocenters. The third kappa shape index (κ3) is 5.74. The molecule has 0 spiro atoms. The molecule has 0 atom stereocenters. The van der Waals surface area contributed by atoms with Crippen molar-refractivity contribution >= 4 is 5.97 Å². The summed E-state index contributed by atoms with van der Waals surface area (Å²) >= 11 is 0. The molecule has 17 heavy (non-hydrogen) atoms. The Labute approximate surface area is 102 Å². The first-order valence-electron chi connectivity index (χ1n) is 5.70. The van der Waals surface area contributed by atoms with Crippen LogP contribution in [0.4, 0.5) is 0 Å². The Bertz CT molecular complexity index is 403. The second-order valence-electron chi connectivity index (χ2n) is 3.68. The van der Waals surface area contributed by atoms with Gasteiger partial charge in [-0.2, -0.15) is 0 Å². The average Bonchev–Trinajstić information content (AvgIpc) is 2.34. The number of carbonyl (C=O) groups is 1. The molecule has 0 saturated heterocycles. The number of carboxylic acid groups (broad SMARTS) is 1. The van der Waals surface area contributed by atoms with E-state index >= 15 is 0 Å². The Morgan fingerprint density at radius 3 is 2.65 bits per heavy atom. The molecule has 0 fully saturated rings. The summed E-state index contributed by atoms with van der Waals surface area (Å²) in [7, 11) is 0. The van der Waals surface area contributed by atoms with E-state index in [9.17, 15) is 4.79 Å². The van der Waals surface area contributed by atoms with Gasteiger partial charge >= 0.3 is 5.97 Å². The largest absolute Gasteiger partial charge is 0.481 e. The quantitative estimate of drug-likeness (QED) is 0.786. The zero-order valence-electron chi connectivity index (χ0n) is 10.0. The lowest BCUT2D eigenvalue weighted by atomic mass is 10.2. The fourth-order valence-corrected chi connectivity index (χ4v) is 1.38. The van der Waals surface area contributed by atoms with Crippen molar-refractivity contribution in [2.24, 2.45) is 0 Å². The first-order valence-corrected chi connectivity index (χ1v) is 5.70. The topological polar surface area (TPSA) is 40.5 Å². The summed E-state index contributed by atoms with van der Waals surface area (Å²) < 4.78 is 0. The Kier molecular flexibility index (Phi) is 5.84. The molecule has 1 aromatic rings. The molecule has 1 aromatic carbocycles. The van der Waals surface area contributed by atoms with Gasteiger partial charge in [0.05, 0.1) is 13.0 Å². The van der Waals surface area contributed by atoms with E-state index < -0.39 is 5.97 Å². The highest BCUT2D eigenvalue weighted by molar-refractivity contribution is 5.66. The summed E-state index contributed by atoms with van der Waals surface area (Å²) in [5.41, 5.74) is 0.988. The number of hydrogen-bond acceptors (Lipinski definition) is 2. The van der Waals surface area contributed by atoms with Gasteiger partial charge in [0.15, 0.2) is 0 Å². The number of carboxylic acids is 1. The van der Waals surface area contributed by atoms with Gasteiger partial charge in [0, 0.05) is 12.1 Å². The molecule has 0 radical (unpaired) electrons. The molecule has 0 aliphatic rings. The van der Waals surface area contributed by atoms with E-state index in [1.54, 1.807) is 0 Å². The van der Waals surface area contributed by atoms with Crippen LogP contribution in [-0.2, 0) is 4.79 Å². The molecule has 0 amide bonds. The number of aliphatic carboxylic acids is 1. The molecule has 0 bridgehead atoms. The monoisotopic (exact) mass is 231 g/mol. The van der Waals surface area contributed by atoms with Crippen LogP contribution in [0.3, 0.4) is 0 Å². The minimum atomic E-state index is -0.764. The molecule has 0 heterocycles. The van der Waals surface area contributed by atoms with Crippen molar-refractivity contribution in [3.63, 3.8) is 0 Å². The van der Waals surface area contributed by atoms with Crippen LogP contribution in [0.25, 0.3) is 0 Å². The van der Waals surface area contributed by atoms with E-state index in [0.717, 1.165) is 12.1 Å². The van der Waals surface area contributed by atoms with Crippen molar-refractivity contribution in [2.45, 2.75) is 13.3 Å². The minimum absolute atomic E-state index is 0.168. The average molecular weight is 231 g/mol. The normalized spacial score (nSPS) is 9.76. The van der Waals surface area contributed by atoms with Crippen molar-refractivity contribution in [1.29, 1.82) is 0 Å². The standard InChI is InChI=1S/C14H17NO2/c1-2-15(12-10-14(16)17)11-6-9-13-7-4-3-5-8-13/h3-5,7-8H,2,10-12H2,1H3,(H,16,17). The molecule has 3 heteroatoms. The smallest absolute Gasteiger partial charge is 0.304 e. The van der Waals surface area contributed by atoms with Gasteiger partial charge in [-0.1, -0.05) is 37.0 Å². The van der Waals surface area contributed by atoms with Crippen LogP contribution < -0.4 is 0 Å². The third-order valence-corrected chi connectivity index (χ3v) is 2.40. The molecule has 0 aliphatic carbocycles. The van der Waals surface area contributed by atoms with Crippen LogP contribution in [0.2, 0.25) is 0 Å². The van der Waals surface area contributed by atoms with Crippen molar-refractivity contribution in [1.82, 2.24) is 4.90 Å². The van der Waals surface area contributed by atoms with Crippen LogP contribution in [-0.4, -0.2) is 35.6 Å². The zero-order chi connectivity index (χ0) is 12.5. The van der Waals surface area contributed by atoms with Crippen molar-refractivity contribution in [3.8, 4) is 11.8 Å². The number of hydrogen-bond donors (Lipinski definition) is 1. The van der Waals surface area contributed by atoms with Gasteiger partial charge in [-0.15, -0.1) is 0 Å². The van der Waals surface area contributed by atoms with Gasteiger partial charge < -0.3 is 5.11 Å². The lowest BCUT2D eigenvalue weighted by Crippen LogP contribution is -2.26. The summed E-state index contributed by atoms with van der Waals surface area (Å²) in [5.74, 6) is 5.35. The predicted molar refractivity (Wildman–Crippen MR) is 67.7 cm³/mol. The van der Waals surface area contributed by atoms with Crippen LogP contribution in [0.5, 0.6) is 0 Å². The van der Waals surface area contributed by atoms with E-state index in [2.05, 4.69) is 11.8 Å². The van der Waals surface area contributed by atoms with Gasteiger partial charge in [0.25, 0.3) is 0 Å². The summed E-state index contributed by atoms with van der Waals surface area (Å²) in [6.07, 6.45) is 0.168. The highest BCUT2D eigenvalue weighted by Crippen LogP contribution is 1.95. The van der Waals surface area contributed by atoms with Crippen molar-refractivity contribution in [3.05, 3.63) is 35.9 Å². The number of nitrogens with zero attached hydrogens (tertiary/aromatic N) is 1. The number of rotatable bonds is 5. The summed E-state index contributed by atoms with van der Waals surface area (Å²) in [6.45, 7) is 3.98. The molecule has 0 saturated carbocycles. The summed E-state index contributed by atoms with van der Waals surface area (Å²) in [6, 6.07) is 9.77. The lowest BCUT2D eigenvalue weighted by molar-refractivity contribution is -0.137. The maximum atomic E-state index is 10.5. The Hall–Kier alpha value is -1.79. The van der Waals surface area contributed by atoms with Gasteiger partial charge in [-0.25, -0.2) is 0 Å². The van der Waals surface area contributed by atoms with E-state index in [1.165, 1.54) is 0 Å². The Morgan fingerprint density at radius 2 is 2.06 bits per heavy atom. The van der Waals surface area contributed by atoms with Crippen LogP contribution in [0.1, 0.15) is 18.9 Å². The minimum Gasteiger partial charge on any atom is -0.481 e. The van der Waals surface area contributed by atoms with E-state index in [4.69, 9.17) is 5.11 Å². The first-order chi connectivity index (χ1) is 8.22. The zero-order valence-corrected chi connectivity index (χ0v) is 10.0. The van der Waals surface area contributed by atoms with Gasteiger partial charge in [0.1, 0.15) is 0 Å². The second kappa shape index (κ2) is 7.48. The summed E-state index contributed by atoms with van der Waals surface area (Å²) in [5, 5.41) is 8.60. The van der Waals surface area contributed by atoms with E-state index in [1.807, 2.05) is 42.2 Å². The molecule has 0 aliphatic heterocycles. The highest BCUT2D eigenvalue weighted by atomic mass is 16.4. The maximum absolute atomic E-state index is 10.5. The van der Waals surface area contributed by atoms with E-state index in [-0.39, 0.29) is 6.42 Å². The Balaban J connectivity index is 2.42.